The van der Waals surface area contributed by atoms with Gasteiger partial charge in [0.2, 0.25) is 5.91 Å². The Bertz CT molecular complexity index is 646. The van der Waals surface area contributed by atoms with Gasteiger partial charge in [-0.15, -0.1) is 0 Å². The van der Waals surface area contributed by atoms with Gasteiger partial charge in [-0.3, -0.25) is 4.79 Å². The van der Waals surface area contributed by atoms with E-state index < -0.39 is 0 Å². The van der Waals surface area contributed by atoms with Gasteiger partial charge in [0.1, 0.15) is 0 Å². The maximum Gasteiger partial charge on any atom is 0.225 e. The molecule has 4 nitrogen and oxygen atoms in total. The van der Waals surface area contributed by atoms with Crippen LogP contribution in [0.3, 0.4) is 0 Å². The highest BCUT2D eigenvalue weighted by molar-refractivity contribution is 7.22. The third-order valence-electron chi connectivity index (χ3n) is 4.82. The van der Waals surface area contributed by atoms with Crippen LogP contribution in [-0.4, -0.2) is 42.0 Å². The van der Waals surface area contributed by atoms with Gasteiger partial charge in [-0.05, 0) is 31.4 Å². The Kier molecular flexibility index (Phi) is 3.74. The number of amides is 1. The Labute approximate surface area is 134 Å². The second kappa shape index (κ2) is 5.88. The van der Waals surface area contributed by atoms with Crippen molar-refractivity contribution in [2.24, 2.45) is 5.92 Å². The summed E-state index contributed by atoms with van der Waals surface area (Å²) in [6, 6.07) is 8.29. The molecule has 0 spiro atoms. The van der Waals surface area contributed by atoms with Crippen molar-refractivity contribution in [3.63, 3.8) is 0 Å². The summed E-state index contributed by atoms with van der Waals surface area (Å²) in [6.07, 6.45) is 4.45. The van der Waals surface area contributed by atoms with Crippen molar-refractivity contribution in [3.05, 3.63) is 24.3 Å². The molecule has 1 aromatic heterocycles. The third kappa shape index (κ3) is 2.58. The minimum absolute atomic E-state index is 0.314. The van der Waals surface area contributed by atoms with Crippen LogP contribution >= 0.6 is 11.3 Å². The largest absolute Gasteiger partial charge is 0.346 e. The zero-order chi connectivity index (χ0) is 14.9. The fraction of sp³-hybridized carbons (Fsp3) is 0.529. The molecule has 4 rings (SSSR count). The number of nitrogens with zero attached hydrogens (tertiary/aromatic N) is 3. The number of aromatic nitrogens is 1. The van der Waals surface area contributed by atoms with Crippen molar-refractivity contribution < 1.29 is 4.79 Å². The van der Waals surface area contributed by atoms with Gasteiger partial charge in [0.25, 0.3) is 0 Å². The molecule has 116 valence electrons. The smallest absolute Gasteiger partial charge is 0.225 e. The van der Waals surface area contributed by atoms with Crippen molar-refractivity contribution in [2.45, 2.75) is 25.7 Å². The van der Waals surface area contributed by atoms with Crippen molar-refractivity contribution in [3.8, 4) is 0 Å². The predicted octanol–water partition coefficient (Wildman–Crippen LogP) is 3.14. The molecule has 1 saturated carbocycles. The molecule has 0 bridgehead atoms. The number of para-hydroxylation sites is 1. The number of carbonyl (C=O) groups excluding carboxylic acids is 1. The Balaban J connectivity index is 1.46. The van der Waals surface area contributed by atoms with E-state index in [0.29, 0.717) is 11.8 Å². The highest BCUT2D eigenvalue weighted by Crippen LogP contribution is 2.31. The number of fused-ring (bicyclic) bond motifs is 1. The molecule has 1 aliphatic heterocycles. The fourth-order valence-corrected chi connectivity index (χ4v) is 4.26. The number of thiazole rings is 1. The van der Waals surface area contributed by atoms with Crippen molar-refractivity contribution in [1.29, 1.82) is 0 Å². The topological polar surface area (TPSA) is 36.4 Å². The lowest BCUT2D eigenvalue weighted by Crippen LogP contribution is -2.41. The maximum absolute atomic E-state index is 12.4. The summed E-state index contributed by atoms with van der Waals surface area (Å²) >= 11 is 1.76. The molecule has 22 heavy (non-hydrogen) atoms. The van der Waals surface area contributed by atoms with Gasteiger partial charge in [-0.1, -0.05) is 29.9 Å². The summed E-state index contributed by atoms with van der Waals surface area (Å²) in [4.78, 5) is 21.6. The molecule has 1 amide bonds. The number of hydrogen-bond donors (Lipinski definition) is 0. The summed E-state index contributed by atoms with van der Waals surface area (Å²) in [5.41, 5.74) is 1.08. The first kappa shape index (κ1) is 14.0. The highest BCUT2D eigenvalue weighted by Gasteiger charge is 2.30. The van der Waals surface area contributed by atoms with Gasteiger partial charge >= 0.3 is 0 Å². The van der Waals surface area contributed by atoms with Gasteiger partial charge in [-0.2, -0.15) is 0 Å². The second-order valence-electron chi connectivity index (χ2n) is 6.26. The van der Waals surface area contributed by atoms with Crippen LogP contribution in [0.15, 0.2) is 24.3 Å². The van der Waals surface area contributed by atoms with Crippen LogP contribution in [0, 0.1) is 5.92 Å². The SMILES string of the molecule is O=C(C1CCC1)N1CCCN(c2nc3ccccc3s2)CC1. The predicted molar refractivity (Wildman–Crippen MR) is 90.4 cm³/mol. The molecule has 1 aromatic carbocycles. The lowest BCUT2D eigenvalue weighted by Gasteiger charge is -2.30. The minimum atomic E-state index is 0.314. The number of hydrogen-bond acceptors (Lipinski definition) is 4. The Morgan fingerprint density at radius 2 is 1.95 bits per heavy atom. The van der Waals surface area contributed by atoms with Gasteiger partial charge < -0.3 is 9.80 Å². The third-order valence-corrected chi connectivity index (χ3v) is 5.91. The van der Waals surface area contributed by atoms with Crippen LogP contribution in [-0.2, 0) is 4.79 Å². The molecule has 0 N–H and O–H groups in total. The van der Waals surface area contributed by atoms with E-state index in [1.165, 1.54) is 11.1 Å². The Hall–Kier alpha value is -1.62. The minimum Gasteiger partial charge on any atom is -0.346 e. The summed E-state index contributed by atoms with van der Waals surface area (Å²) in [7, 11) is 0. The molecule has 2 heterocycles. The molecular formula is C17H21N3OS. The number of rotatable bonds is 2. The zero-order valence-corrected chi connectivity index (χ0v) is 13.5. The van der Waals surface area contributed by atoms with E-state index >= 15 is 0 Å². The van der Waals surface area contributed by atoms with Gasteiger partial charge in [-0.25, -0.2) is 4.98 Å². The van der Waals surface area contributed by atoms with Crippen LogP contribution < -0.4 is 4.90 Å². The first-order chi connectivity index (χ1) is 10.8. The second-order valence-corrected chi connectivity index (χ2v) is 7.27. The van der Waals surface area contributed by atoms with Gasteiger partial charge in [0, 0.05) is 32.1 Å². The van der Waals surface area contributed by atoms with Crippen LogP contribution in [0.1, 0.15) is 25.7 Å². The van der Waals surface area contributed by atoms with E-state index in [2.05, 4.69) is 28.0 Å². The van der Waals surface area contributed by atoms with E-state index in [-0.39, 0.29) is 0 Å². The first-order valence-corrected chi connectivity index (χ1v) is 9.02. The maximum atomic E-state index is 12.4. The van der Waals surface area contributed by atoms with Crippen LogP contribution in [0.25, 0.3) is 10.2 Å². The summed E-state index contributed by atoms with van der Waals surface area (Å²) < 4.78 is 1.24. The zero-order valence-electron chi connectivity index (χ0n) is 12.7. The quantitative estimate of drug-likeness (QED) is 0.854. The van der Waals surface area contributed by atoms with Gasteiger partial charge in [0.15, 0.2) is 5.13 Å². The summed E-state index contributed by atoms with van der Waals surface area (Å²) in [5, 5.41) is 1.10. The van der Waals surface area contributed by atoms with E-state index in [4.69, 9.17) is 4.98 Å². The lowest BCUT2D eigenvalue weighted by atomic mass is 9.84. The molecule has 5 heteroatoms. The van der Waals surface area contributed by atoms with E-state index in [1.807, 2.05) is 6.07 Å². The molecular weight excluding hydrogens is 294 g/mol. The lowest BCUT2D eigenvalue weighted by molar-refractivity contribution is -0.137. The van der Waals surface area contributed by atoms with Crippen LogP contribution in [0.2, 0.25) is 0 Å². The van der Waals surface area contributed by atoms with Crippen molar-refractivity contribution in [2.75, 3.05) is 31.1 Å². The number of carbonyl (C=O) groups is 1. The van der Waals surface area contributed by atoms with Crippen LogP contribution in [0.4, 0.5) is 5.13 Å². The van der Waals surface area contributed by atoms with E-state index in [1.54, 1.807) is 11.3 Å². The normalized spacial score (nSPS) is 20.0. The average Bonchev–Trinajstić information content (AvgIpc) is 2.74. The molecule has 0 atom stereocenters. The standard InChI is InChI=1S/C17H21N3OS/c21-16(13-5-3-6-13)19-9-4-10-20(12-11-19)17-18-14-7-1-2-8-15(14)22-17/h1-2,7-8,13H,3-6,9-12H2. The molecule has 1 aliphatic carbocycles. The fourth-order valence-electron chi connectivity index (χ4n) is 3.24. The monoisotopic (exact) mass is 315 g/mol. The molecule has 2 fully saturated rings. The molecule has 0 radical (unpaired) electrons. The average molecular weight is 315 g/mol. The van der Waals surface area contributed by atoms with Crippen molar-refractivity contribution >= 4 is 32.6 Å². The van der Waals surface area contributed by atoms with Gasteiger partial charge in [0.05, 0.1) is 10.2 Å². The molecule has 2 aromatic rings. The summed E-state index contributed by atoms with van der Waals surface area (Å²) in [6.45, 7) is 3.63. The Morgan fingerprint density at radius 1 is 1.09 bits per heavy atom. The van der Waals surface area contributed by atoms with Crippen LogP contribution in [0.5, 0.6) is 0 Å². The highest BCUT2D eigenvalue weighted by atomic mass is 32.1. The molecule has 1 saturated heterocycles. The molecule has 0 unspecified atom stereocenters. The molecule has 2 aliphatic rings. The van der Waals surface area contributed by atoms with E-state index in [9.17, 15) is 4.79 Å². The van der Waals surface area contributed by atoms with Crippen molar-refractivity contribution in [1.82, 2.24) is 9.88 Å². The Morgan fingerprint density at radius 3 is 2.73 bits per heavy atom. The first-order valence-electron chi connectivity index (χ1n) is 8.20. The number of anilines is 1. The summed E-state index contributed by atoms with van der Waals surface area (Å²) in [5.74, 6) is 0.700. The number of benzene rings is 1. The van der Waals surface area contributed by atoms with E-state index in [0.717, 1.165) is 56.1 Å².